The van der Waals surface area contributed by atoms with Crippen LogP contribution in [0.5, 0.6) is 5.75 Å². The molecule has 0 bridgehead atoms. The monoisotopic (exact) mass is 536 g/mol. The van der Waals surface area contributed by atoms with Gasteiger partial charge in [-0.2, -0.15) is 0 Å². The van der Waals surface area contributed by atoms with E-state index in [0.717, 1.165) is 73.0 Å². The number of anilines is 2. The van der Waals surface area contributed by atoms with E-state index < -0.39 is 9.84 Å². The number of pyridine rings is 1. The van der Waals surface area contributed by atoms with Gasteiger partial charge in [-0.3, -0.25) is 9.69 Å². The number of sulfone groups is 1. The van der Waals surface area contributed by atoms with Crippen molar-refractivity contribution in [1.29, 1.82) is 0 Å². The van der Waals surface area contributed by atoms with Gasteiger partial charge in [0.1, 0.15) is 28.0 Å². The van der Waals surface area contributed by atoms with E-state index in [0.29, 0.717) is 31.4 Å². The van der Waals surface area contributed by atoms with Crippen molar-refractivity contribution in [3.05, 3.63) is 59.3 Å². The van der Waals surface area contributed by atoms with E-state index in [1.807, 2.05) is 17.2 Å². The summed E-state index contributed by atoms with van der Waals surface area (Å²) in [7, 11) is -2.92. The Morgan fingerprint density at radius 3 is 2.58 bits per heavy atom. The van der Waals surface area contributed by atoms with Crippen LogP contribution in [0.2, 0.25) is 0 Å². The third kappa shape index (κ3) is 4.82. The van der Waals surface area contributed by atoms with Crippen molar-refractivity contribution in [2.45, 2.75) is 57.1 Å². The minimum atomic E-state index is -2.92. The minimum Gasteiger partial charge on any atom is -0.486 e. The molecule has 3 fully saturated rings. The quantitative estimate of drug-likeness (QED) is 0.593. The molecule has 4 aliphatic heterocycles. The molecule has 0 unspecified atom stereocenters. The minimum absolute atomic E-state index is 0.0289. The maximum absolute atomic E-state index is 12.0. The molecule has 0 atom stereocenters. The molecule has 1 aromatic carbocycles. The van der Waals surface area contributed by atoms with Crippen molar-refractivity contribution in [3.63, 3.8) is 0 Å². The van der Waals surface area contributed by atoms with Crippen molar-refractivity contribution in [2.75, 3.05) is 43.0 Å². The number of hydrogen-bond donors (Lipinski definition) is 1. The third-order valence-electron chi connectivity index (χ3n) is 8.86. The average Bonchev–Trinajstić information content (AvgIpc) is 3.08. The summed E-state index contributed by atoms with van der Waals surface area (Å²) in [6.45, 7) is 9.80. The van der Waals surface area contributed by atoms with Crippen LogP contribution in [-0.4, -0.2) is 72.8 Å². The number of ether oxygens (including phenoxy) is 1. The molecule has 3 saturated heterocycles. The van der Waals surface area contributed by atoms with Crippen molar-refractivity contribution in [2.24, 2.45) is 0 Å². The zero-order valence-corrected chi connectivity index (χ0v) is 22.8. The number of amides is 1. The Kier molecular flexibility index (Phi) is 6.68. The summed E-state index contributed by atoms with van der Waals surface area (Å²) in [6.07, 6.45) is 6.71. The molecule has 4 aliphatic rings. The Balaban J connectivity index is 1.16. The highest BCUT2D eigenvalue weighted by Gasteiger charge is 2.36. The summed E-state index contributed by atoms with van der Waals surface area (Å²) >= 11 is 0. The molecule has 2 aromatic rings. The van der Waals surface area contributed by atoms with Crippen molar-refractivity contribution in [1.82, 2.24) is 14.8 Å². The maximum Gasteiger partial charge on any atom is 0.246 e. The smallest absolute Gasteiger partial charge is 0.246 e. The van der Waals surface area contributed by atoms with E-state index in [-0.39, 0.29) is 23.3 Å². The van der Waals surface area contributed by atoms with Crippen LogP contribution in [0.25, 0.3) is 0 Å². The van der Waals surface area contributed by atoms with Gasteiger partial charge in [-0.05, 0) is 92.4 Å². The number of likely N-dealkylation sites (tertiary alicyclic amines) is 2. The van der Waals surface area contributed by atoms with Crippen LogP contribution in [0.4, 0.5) is 11.5 Å². The highest BCUT2D eigenvalue weighted by molar-refractivity contribution is 7.91. The Bertz CT molecular complexity index is 1350. The SMILES string of the molecule is C=CC(=O)N1CC(N2CCC(c3cc(C)c4c(c3)Nc3nccc(C5CCS(=O)(=O)CC5)c3CO4)CC2)C1. The van der Waals surface area contributed by atoms with Crippen molar-refractivity contribution in [3.8, 4) is 5.75 Å². The van der Waals surface area contributed by atoms with E-state index >= 15 is 0 Å². The summed E-state index contributed by atoms with van der Waals surface area (Å²) in [4.78, 5) is 20.8. The van der Waals surface area contributed by atoms with E-state index in [2.05, 4.69) is 40.8 Å². The van der Waals surface area contributed by atoms with E-state index in [1.54, 1.807) is 0 Å². The molecule has 1 aromatic heterocycles. The van der Waals surface area contributed by atoms with Gasteiger partial charge in [0.25, 0.3) is 0 Å². The van der Waals surface area contributed by atoms with Gasteiger partial charge in [-0.15, -0.1) is 0 Å². The average molecular weight is 537 g/mol. The first-order valence-electron chi connectivity index (χ1n) is 13.7. The molecule has 9 heteroatoms. The number of rotatable bonds is 4. The van der Waals surface area contributed by atoms with Gasteiger partial charge < -0.3 is 15.0 Å². The lowest BCUT2D eigenvalue weighted by Crippen LogP contribution is -2.61. The van der Waals surface area contributed by atoms with Gasteiger partial charge in [-0.25, -0.2) is 13.4 Å². The van der Waals surface area contributed by atoms with Gasteiger partial charge >= 0.3 is 0 Å². The molecule has 0 aliphatic carbocycles. The zero-order chi connectivity index (χ0) is 26.4. The van der Waals surface area contributed by atoms with Crippen molar-refractivity contribution >= 4 is 27.2 Å². The first-order valence-corrected chi connectivity index (χ1v) is 15.5. The summed E-state index contributed by atoms with van der Waals surface area (Å²) in [5, 5.41) is 3.57. The number of aromatic nitrogens is 1. The lowest BCUT2D eigenvalue weighted by Gasteiger charge is -2.47. The molecular weight excluding hydrogens is 500 g/mol. The molecular formula is C29H36N4O4S. The largest absolute Gasteiger partial charge is 0.486 e. The van der Waals surface area contributed by atoms with Gasteiger partial charge in [0.05, 0.1) is 17.2 Å². The molecule has 1 amide bonds. The van der Waals surface area contributed by atoms with Gasteiger partial charge in [0.2, 0.25) is 5.91 Å². The Hall–Kier alpha value is -2.91. The fourth-order valence-electron chi connectivity index (χ4n) is 6.54. The Labute approximate surface area is 225 Å². The van der Waals surface area contributed by atoms with Crippen LogP contribution in [0, 0.1) is 6.92 Å². The summed E-state index contributed by atoms with van der Waals surface area (Å²) in [5.41, 5.74) is 5.58. The van der Waals surface area contributed by atoms with E-state index in [9.17, 15) is 13.2 Å². The Morgan fingerprint density at radius 2 is 1.87 bits per heavy atom. The Morgan fingerprint density at radius 1 is 1.13 bits per heavy atom. The second kappa shape index (κ2) is 10.0. The summed E-state index contributed by atoms with van der Waals surface area (Å²) < 4.78 is 30.3. The topological polar surface area (TPSA) is 91.8 Å². The maximum atomic E-state index is 12.0. The lowest BCUT2D eigenvalue weighted by molar-refractivity contribution is -0.133. The fourth-order valence-corrected chi connectivity index (χ4v) is 8.03. The second-order valence-electron chi connectivity index (χ2n) is 11.2. The lowest BCUT2D eigenvalue weighted by atomic mass is 9.87. The number of aryl methyl sites for hydroxylation is 1. The van der Waals surface area contributed by atoms with Crippen LogP contribution in [-0.2, 0) is 21.2 Å². The normalized spacial score (nSPS) is 22.3. The first kappa shape index (κ1) is 25.4. The third-order valence-corrected chi connectivity index (χ3v) is 10.6. The first-order chi connectivity index (χ1) is 18.3. The number of fused-ring (bicyclic) bond motifs is 2. The van der Waals surface area contributed by atoms with Gasteiger partial charge in [0, 0.05) is 30.9 Å². The predicted octanol–water partition coefficient (Wildman–Crippen LogP) is 3.89. The molecule has 1 N–H and O–H groups in total. The van der Waals surface area contributed by atoms with Crippen LogP contribution in [0.3, 0.4) is 0 Å². The molecule has 202 valence electrons. The molecule has 0 radical (unpaired) electrons. The molecule has 6 rings (SSSR count). The highest BCUT2D eigenvalue weighted by atomic mass is 32.2. The van der Waals surface area contributed by atoms with E-state index in [4.69, 9.17) is 4.74 Å². The molecule has 8 nitrogen and oxygen atoms in total. The number of hydrogen-bond acceptors (Lipinski definition) is 7. The number of piperidine rings is 1. The van der Waals surface area contributed by atoms with Crippen LogP contribution < -0.4 is 10.1 Å². The standard InChI is InChI=1S/C29H36N4O4S/c1-3-27(34)33-16-23(17-33)32-10-5-20(6-11-32)22-14-19(2)28-26(15-22)31-29-25(18-37-28)24(4-9-30-29)21-7-12-38(35,36)13-8-21/h3-4,9,14-15,20-21,23H,1,5-8,10-13,16-18H2,2H3,(H,30,31). The van der Waals surface area contributed by atoms with Gasteiger partial charge in [0.15, 0.2) is 0 Å². The van der Waals surface area contributed by atoms with Crippen LogP contribution >= 0.6 is 0 Å². The number of benzene rings is 1. The summed E-state index contributed by atoms with van der Waals surface area (Å²) in [6, 6.07) is 6.99. The number of carbonyl (C=O) groups is 1. The molecule has 0 spiro atoms. The number of nitrogens with zero attached hydrogens (tertiary/aromatic N) is 3. The number of carbonyl (C=O) groups excluding carboxylic acids is 1. The van der Waals surface area contributed by atoms with Crippen LogP contribution in [0.15, 0.2) is 37.1 Å². The van der Waals surface area contributed by atoms with Crippen LogP contribution in [0.1, 0.15) is 59.8 Å². The zero-order valence-electron chi connectivity index (χ0n) is 22.0. The fraction of sp³-hybridized carbons (Fsp3) is 0.517. The second-order valence-corrected chi connectivity index (χ2v) is 13.5. The molecule has 0 saturated carbocycles. The summed E-state index contributed by atoms with van der Waals surface area (Å²) in [5.74, 6) is 2.89. The van der Waals surface area contributed by atoms with Gasteiger partial charge in [-0.1, -0.05) is 12.6 Å². The molecule has 38 heavy (non-hydrogen) atoms. The van der Waals surface area contributed by atoms with E-state index in [1.165, 1.54) is 11.6 Å². The van der Waals surface area contributed by atoms with Crippen molar-refractivity contribution < 1.29 is 17.9 Å². The number of nitrogens with one attached hydrogen (secondary N) is 1. The molecule has 5 heterocycles. The highest BCUT2D eigenvalue weighted by Crippen LogP contribution is 2.42. The predicted molar refractivity (Wildman–Crippen MR) is 148 cm³/mol.